The van der Waals surface area contributed by atoms with Gasteiger partial charge in [0, 0.05) is 16.9 Å². The molecule has 0 atom stereocenters. The summed E-state index contributed by atoms with van der Waals surface area (Å²) in [6, 6.07) is 8.05. The molecule has 0 spiro atoms. The van der Waals surface area contributed by atoms with Gasteiger partial charge in [-0.2, -0.15) is 5.10 Å². The Kier molecular flexibility index (Phi) is 3.35. The van der Waals surface area contributed by atoms with Crippen molar-refractivity contribution in [2.75, 3.05) is 5.73 Å². The molecule has 0 bridgehead atoms. The Balaban J connectivity index is 2.21. The molecule has 2 heterocycles. The van der Waals surface area contributed by atoms with Crippen LogP contribution in [0, 0.1) is 6.92 Å². The number of halogens is 1. The van der Waals surface area contributed by atoms with Crippen molar-refractivity contribution in [3.05, 3.63) is 39.1 Å². The highest BCUT2D eigenvalue weighted by Gasteiger charge is 2.19. The fraction of sp³-hybridized carbons (Fsp3) is 0.143. The fourth-order valence-corrected chi connectivity index (χ4v) is 2.95. The second kappa shape index (κ2) is 5.03. The van der Waals surface area contributed by atoms with Gasteiger partial charge in [-0.15, -0.1) is 11.3 Å². The zero-order valence-electron chi connectivity index (χ0n) is 11.1. The molecule has 3 aromatic rings. The topological polar surface area (TPSA) is 56.7 Å². The van der Waals surface area contributed by atoms with E-state index in [1.165, 1.54) is 0 Å². The summed E-state index contributed by atoms with van der Waals surface area (Å²) in [7, 11) is 1.85. The molecule has 4 nitrogen and oxygen atoms in total. The summed E-state index contributed by atoms with van der Waals surface area (Å²) in [6.07, 6.45) is 0. The highest BCUT2D eigenvalue weighted by Crippen LogP contribution is 2.36. The summed E-state index contributed by atoms with van der Waals surface area (Å²) >= 11 is 5.06. The lowest BCUT2D eigenvalue weighted by Gasteiger charge is -2.03. The van der Waals surface area contributed by atoms with E-state index in [2.05, 4.69) is 26.0 Å². The van der Waals surface area contributed by atoms with Crippen molar-refractivity contribution >= 4 is 33.1 Å². The summed E-state index contributed by atoms with van der Waals surface area (Å²) in [6.45, 7) is 1.99. The third kappa shape index (κ3) is 2.25. The zero-order valence-corrected chi connectivity index (χ0v) is 13.5. The third-order valence-corrected chi connectivity index (χ3v) is 4.39. The van der Waals surface area contributed by atoms with Crippen molar-refractivity contribution in [1.82, 2.24) is 14.8 Å². The average molecular weight is 349 g/mol. The van der Waals surface area contributed by atoms with Crippen molar-refractivity contribution in [3.63, 3.8) is 0 Å². The van der Waals surface area contributed by atoms with Gasteiger partial charge in [-0.3, -0.25) is 4.68 Å². The lowest BCUT2D eigenvalue weighted by atomic mass is 10.0. The maximum absolute atomic E-state index is 6.18. The average Bonchev–Trinajstić information content (AvgIpc) is 2.97. The van der Waals surface area contributed by atoms with Gasteiger partial charge in [-0.05, 0) is 24.6 Å². The number of hydrogen-bond acceptors (Lipinski definition) is 4. The van der Waals surface area contributed by atoms with Crippen LogP contribution in [0.15, 0.2) is 34.1 Å². The quantitative estimate of drug-likeness (QED) is 0.764. The number of nitrogens with two attached hydrogens (primary N) is 1. The molecule has 0 unspecified atom stereocenters. The van der Waals surface area contributed by atoms with E-state index >= 15 is 0 Å². The summed E-state index contributed by atoms with van der Waals surface area (Å²) in [4.78, 5) is 4.52. The second-order valence-electron chi connectivity index (χ2n) is 4.49. The Morgan fingerprint density at radius 2 is 1.95 bits per heavy atom. The number of thiazole rings is 1. The Morgan fingerprint density at radius 3 is 2.55 bits per heavy atom. The molecule has 0 aliphatic carbocycles. The van der Waals surface area contributed by atoms with Crippen LogP contribution in [0.3, 0.4) is 0 Å². The smallest absolute Gasteiger partial charge is 0.129 e. The molecular weight excluding hydrogens is 336 g/mol. The van der Waals surface area contributed by atoms with E-state index in [-0.39, 0.29) is 0 Å². The van der Waals surface area contributed by atoms with Gasteiger partial charge in [0.2, 0.25) is 0 Å². The molecular formula is C14H13BrN4S. The van der Waals surface area contributed by atoms with E-state index in [1.807, 2.05) is 43.6 Å². The molecule has 102 valence electrons. The summed E-state index contributed by atoms with van der Waals surface area (Å²) in [5.41, 5.74) is 9.86. The van der Waals surface area contributed by atoms with Crippen molar-refractivity contribution in [2.45, 2.75) is 6.92 Å². The Hall–Kier alpha value is -1.66. The van der Waals surface area contributed by atoms with Gasteiger partial charge in [-0.1, -0.05) is 28.1 Å². The molecule has 2 N–H and O–H groups in total. The van der Waals surface area contributed by atoms with E-state index in [9.17, 15) is 0 Å². The summed E-state index contributed by atoms with van der Waals surface area (Å²) < 4.78 is 2.73. The van der Waals surface area contributed by atoms with Crippen molar-refractivity contribution in [3.8, 4) is 22.5 Å². The van der Waals surface area contributed by atoms with Crippen LogP contribution in [0.1, 0.15) is 5.01 Å². The SMILES string of the molecule is Cc1nc(-c2nn(C)c(N)c2-c2ccc(Br)cc2)cs1. The van der Waals surface area contributed by atoms with E-state index in [0.29, 0.717) is 5.82 Å². The Morgan fingerprint density at radius 1 is 1.25 bits per heavy atom. The molecule has 1 aromatic carbocycles. The number of aromatic nitrogens is 3. The zero-order chi connectivity index (χ0) is 14.3. The van der Waals surface area contributed by atoms with E-state index in [1.54, 1.807) is 16.0 Å². The van der Waals surface area contributed by atoms with E-state index < -0.39 is 0 Å². The van der Waals surface area contributed by atoms with Crippen LogP contribution < -0.4 is 5.73 Å². The third-order valence-electron chi connectivity index (χ3n) is 3.09. The molecule has 0 saturated carbocycles. The molecule has 3 rings (SSSR count). The van der Waals surface area contributed by atoms with Crippen molar-refractivity contribution < 1.29 is 0 Å². The van der Waals surface area contributed by atoms with Gasteiger partial charge in [0.25, 0.3) is 0 Å². The molecule has 0 fully saturated rings. The number of aryl methyl sites for hydroxylation is 2. The highest BCUT2D eigenvalue weighted by atomic mass is 79.9. The number of anilines is 1. The second-order valence-corrected chi connectivity index (χ2v) is 6.47. The molecule has 6 heteroatoms. The monoisotopic (exact) mass is 348 g/mol. The number of hydrogen-bond donors (Lipinski definition) is 1. The lowest BCUT2D eigenvalue weighted by molar-refractivity contribution is 0.781. The highest BCUT2D eigenvalue weighted by molar-refractivity contribution is 9.10. The van der Waals surface area contributed by atoms with Gasteiger partial charge in [0.1, 0.15) is 17.2 Å². The minimum Gasteiger partial charge on any atom is -0.383 e. The predicted octanol–water partition coefficient (Wildman–Crippen LogP) is 3.86. The number of benzene rings is 1. The lowest BCUT2D eigenvalue weighted by Crippen LogP contribution is -1.97. The van der Waals surface area contributed by atoms with Gasteiger partial charge in [0.15, 0.2) is 0 Å². The van der Waals surface area contributed by atoms with Crippen LogP contribution in [0.5, 0.6) is 0 Å². The van der Waals surface area contributed by atoms with Crippen LogP contribution in [-0.4, -0.2) is 14.8 Å². The van der Waals surface area contributed by atoms with Gasteiger partial charge >= 0.3 is 0 Å². The summed E-state index contributed by atoms with van der Waals surface area (Å²) in [5, 5.41) is 7.55. The minimum absolute atomic E-state index is 0.646. The van der Waals surface area contributed by atoms with Crippen LogP contribution >= 0.6 is 27.3 Å². The van der Waals surface area contributed by atoms with Gasteiger partial charge < -0.3 is 5.73 Å². The van der Waals surface area contributed by atoms with E-state index in [4.69, 9.17) is 5.73 Å². The molecule has 2 aromatic heterocycles. The molecule has 0 amide bonds. The van der Waals surface area contributed by atoms with Crippen LogP contribution in [0.2, 0.25) is 0 Å². The molecule has 0 aliphatic rings. The first-order valence-electron chi connectivity index (χ1n) is 6.07. The molecule has 20 heavy (non-hydrogen) atoms. The Labute approximate surface area is 129 Å². The first-order chi connectivity index (χ1) is 9.56. The molecule has 0 aliphatic heterocycles. The normalized spacial score (nSPS) is 10.9. The van der Waals surface area contributed by atoms with Crippen LogP contribution in [0.4, 0.5) is 5.82 Å². The number of rotatable bonds is 2. The molecule has 0 radical (unpaired) electrons. The first-order valence-corrected chi connectivity index (χ1v) is 7.74. The van der Waals surface area contributed by atoms with Crippen LogP contribution in [0.25, 0.3) is 22.5 Å². The molecule has 0 saturated heterocycles. The van der Waals surface area contributed by atoms with E-state index in [0.717, 1.165) is 32.0 Å². The summed E-state index contributed by atoms with van der Waals surface area (Å²) in [5.74, 6) is 0.646. The predicted molar refractivity (Wildman–Crippen MR) is 86.6 cm³/mol. The number of nitrogen functional groups attached to an aromatic ring is 1. The van der Waals surface area contributed by atoms with Gasteiger partial charge in [0.05, 0.1) is 10.6 Å². The largest absolute Gasteiger partial charge is 0.383 e. The fourth-order valence-electron chi connectivity index (χ4n) is 2.09. The number of nitrogens with zero attached hydrogens (tertiary/aromatic N) is 3. The van der Waals surface area contributed by atoms with Gasteiger partial charge in [-0.25, -0.2) is 4.98 Å². The Bertz CT molecular complexity index is 758. The maximum atomic E-state index is 6.18. The van der Waals surface area contributed by atoms with Crippen molar-refractivity contribution in [2.24, 2.45) is 7.05 Å². The minimum atomic E-state index is 0.646. The first kappa shape index (κ1) is 13.3. The maximum Gasteiger partial charge on any atom is 0.129 e. The van der Waals surface area contributed by atoms with Crippen molar-refractivity contribution in [1.29, 1.82) is 0 Å². The van der Waals surface area contributed by atoms with Crippen LogP contribution in [-0.2, 0) is 7.05 Å². The standard InChI is InChI=1S/C14H13BrN4S/c1-8-17-11(7-20-8)13-12(14(16)19(2)18-13)9-3-5-10(15)6-4-9/h3-7H,16H2,1-2H3.